The van der Waals surface area contributed by atoms with Crippen LogP contribution in [0, 0.1) is 0 Å². The second kappa shape index (κ2) is 8.49. The second-order valence-electron chi connectivity index (χ2n) is 1.13. The fourth-order valence-electron chi connectivity index (χ4n) is 0. The van der Waals surface area contributed by atoms with E-state index < -0.39 is 15.6 Å². The molecule has 0 N–H and O–H groups in total. The van der Waals surface area contributed by atoms with Crippen molar-refractivity contribution < 1.29 is 43.3 Å². The summed E-state index contributed by atoms with van der Waals surface area (Å²) in [5.41, 5.74) is 0. The zero-order chi connectivity index (χ0) is 11.7. The van der Waals surface area contributed by atoms with Crippen LogP contribution in [0.4, 0.5) is 0 Å². The minimum atomic E-state index is -5.39. The molecule has 0 atom stereocenters. The highest BCUT2D eigenvalue weighted by molar-refractivity contribution is 7.40. The van der Waals surface area contributed by atoms with E-state index in [2.05, 4.69) is 0 Å². The number of hydrogen-bond acceptors (Lipinski definition) is 9. The molecule has 0 spiro atoms. The van der Waals surface area contributed by atoms with Gasteiger partial charge in [0.05, 0.1) is 0 Å². The van der Waals surface area contributed by atoms with E-state index in [4.69, 9.17) is 43.3 Å². The van der Waals surface area contributed by atoms with Gasteiger partial charge in [0, 0.05) is 0 Å². The first-order chi connectivity index (χ1) is 5.41. The molecule has 0 bridgehead atoms. The van der Waals surface area contributed by atoms with Gasteiger partial charge in [0.25, 0.3) is 0 Å². The summed E-state index contributed by atoms with van der Waals surface area (Å²) in [6, 6.07) is 0. The molecule has 0 unspecified atom stereocenters. The molecular weight excluding hydrogens is 230 g/mol. The van der Waals surface area contributed by atoms with Gasteiger partial charge in [0.1, 0.15) is 6.29 Å². The molecule has 0 aliphatic carbocycles. The van der Waals surface area contributed by atoms with Crippen LogP contribution >= 0.6 is 15.6 Å². The number of carbonyl (C=O) groups is 1. The van der Waals surface area contributed by atoms with Gasteiger partial charge in [-0.3, -0.25) is 0 Å². The van der Waals surface area contributed by atoms with E-state index >= 15 is 0 Å². The van der Waals surface area contributed by atoms with Gasteiger partial charge in [-0.2, -0.15) is 15.6 Å². The molecule has 13 heavy (non-hydrogen) atoms. The van der Waals surface area contributed by atoms with Crippen LogP contribution in [0.15, 0.2) is 0 Å². The van der Waals surface area contributed by atoms with E-state index in [0.29, 0.717) is 0 Å². The summed E-state index contributed by atoms with van der Waals surface area (Å²) < 4.78 is 17.1. The van der Waals surface area contributed by atoms with E-state index in [1.165, 1.54) is 6.92 Å². The smallest absolute Gasteiger partial charge is 0.116 e. The molecule has 0 radical (unpaired) electrons. The van der Waals surface area contributed by atoms with Crippen LogP contribution in [0.25, 0.3) is 0 Å². The van der Waals surface area contributed by atoms with Crippen molar-refractivity contribution in [2.24, 2.45) is 0 Å². The Bertz CT molecular complexity index is 161. The molecule has 0 saturated carbocycles. The van der Waals surface area contributed by atoms with Gasteiger partial charge in [-0.15, -0.1) is 0 Å². The molecule has 0 aromatic rings. The third-order valence-electron chi connectivity index (χ3n) is 0. The first-order valence-electron chi connectivity index (χ1n) is 2.27. The maximum absolute atomic E-state index is 8.81. The highest BCUT2D eigenvalue weighted by atomic mass is 31.2. The lowest BCUT2D eigenvalue weighted by Gasteiger charge is -2.36. The molecule has 11 heteroatoms. The van der Waals surface area contributed by atoms with Crippen molar-refractivity contribution in [1.82, 2.24) is 0 Å². The summed E-state index contributed by atoms with van der Waals surface area (Å²) >= 11 is 0. The number of aldehydes is 1. The highest BCUT2D eigenvalue weighted by Crippen LogP contribution is 2.03. The summed E-state index contributed by atoms with van der Waals surface area (Å²) in [6.45, 7) is 1.44. The first-order valence-corrected chi connectivity index (χ1v) is 5.19. The van der Waals surface area contributed by atoms with Gasteiger partial charge < -0.3 is 43.3 Å². The fourth-order valence-corrected chi connectivity index (χ4v) is 0. The Balaban J connectivity index is -0.000000120. The third kappa shape index (κ3) is 96100. The van der Waals surface area contributed by atoms with Crippen LogP contribution in [-0.4, -0.2) is 6.29 Å². The van der Waals surface area contributed by atoms with Gasteiger partial charge in [0.2, 0.25) is 0 Å². The fraction of sp³-hybridized carbons (Fsp3) is 0.500. The quantitative estimate of drug-likeness (QED) is 0.290. The average Bonchev–Trinajstić information content (AvgIpc) is 1.52. The van der Waals surface area contributed by atoms with Gasteiger partial charge in [-0.05, 0) is 6.92 Å². The molecule has 0 heterocycles. The Morgan fingerprint density at radius 1 is 0.846 bits per heavy atom. The summed E-state index contributed by atoms with van der Waals surface area (Å²) in [5, 5.41) is 0. The number of rotatable bonds is 0. The van der Waals surface area contributed by atoms with Crippen molar-refractivity contribution in [1.29, 1.82) is 0 Å². The largest absolute Gasteiger partial charge is 0.822 e. The summed E-state index contributed by atoms with van der Waals surface area (Å²) in [4.78, 5) is 60.1. The number of carbonyl (C=O) groups excluding carboxylic acids is 1. The Morgan fingerprint density at radius 2 is 0.846 bits per heavy atom. The molecule has 0 aromatic heterocycles. The molecule has 0 saturated heterocycles. The summed E-state index contributed by atoms with van der Waals surface area (Å²) in [6.07, 6.45) is 0.750. The molecule has 0 fully saturated rings. The second-order valence-corrected chi connectivity index (χ2v) is 2.92. The topological polar surface area (TPSA) is 190 Å². The maximum Gasteiger partial charge on any atom is 0.116 e. The average molecular weight is 234 g/mol. The van der Waals surface area contributed by atoms with Crippen molar-refractivity contribution in [3.05, 3.63) is 0 Å². The third-order valence-corrected chi connectivity index (χ3v) is 0. The van der Waals surface area contributed by atoms with Crippen LogP contribution in [0.2, 0.25) is 0 Å². The van der Waals surface area contributed by atoms with E-state index in [9.17, 15) is 0 Å². The molecule has 9 nitrogen and oxygen atoms in total. The van der Waals surface area contributed by atoms with E-state index in [1.807, 2.05) is 0 Å². The highest BCUT2D eigenvalue weighted by Gasteiger charge is 1.45. The van der Waals surface area contributed by atoms with Gasteiger partial charge in [-0.25, -0.2) is 0 Å². The minimum Gasteiger partial charge on any atom is -0.822 e. The van der Waals surface area contributed by atoms with Gasteiger partial charge in [0.15, 0.2) is 0 Å². The molecule has 0 aliphatic heterocycles. The molecule has 0 rings (SSSR count). The SMILES string of the molecule is CC=O.O=P([O-])([O-])[O-].O=P([O-])([O-])[O-]. The Kier molecular flexibility index (Phi) is 12.2. The minimum absolute atomic E-state index is 0.750. The van der Waals surface area contributed by atoms with Crippen LogP contribution < -0.4 is 29.4 Å². The Hall–Kier alpha value is -0.110. The summed E-state index contributed by atoms with van der Waals surface area (Å²) in [7, 11) is -10.8. The van der Waals surface area contributed by atoms with Crippen LogP contribution in [0.1, 0.15) is 6.92 Å². The molecule has 82 valence electrons. The maximum atomic E-state index is 8.81. The lowest BCUT2D eigenvalue weighted by molar-refractivity contribution is -0.434. The van der Waals surface area contributed by atoms with Crippen LogP contribution in [0.3, 0.4) is 0 Å². The van der Waals surface area contributed by atoms with E-state index in [-0.39, 0.29) is 0 Å². The summed E-state index contributed by atoms with van der Waals surface area (Å²) in [5.74, 6) is 0. The van der Waals surface area contributed by atoms with Gasteiger partial charge >= 0.3 is 0 Å². The first kappa shape index (κ1) is 18.6. The predicted molar refractivity (Wildman–Crippen MR) is 27.0 cm³/mol. The number of hydrogen-bond donors (Lipinski definition) is 0. The van der Waals surface area contributed by atoms with Crippen molar-refractivity contribution in [3.63, 3.8) is 0 Å². The van der Waals surface area contributed by atoms with E-state index in [1.54, 1.807) is 0 Å². The lowest BCUT2D eigenvalue weighted by atomic mass is 11.0. The molecular formula is C2H4O9P2-6. The normalized spacial score (nSPS) is 10.1. The monoisotopic (exact) mass is 234 g/mol. The Morgan fingerprint density at radius 3 is 0.846 bits per heavy atom. The Labute approximate surface area is 73.1 Å². The van der Waals surface area contributed by atoms with Crippen LogP contribution in [0.5, 0.6) is 0 Å². The zero-order valence-electron chi connectivity index (χ0n) is 6.15. The van der Waals surface area contributed by atoms with Crippen molar-refractivity contribution in [2.45, 2.75) is 6.92 Å². The molecule has 0 amide bonds. The van der Waals surface area contributed by atoms with Crippen molar-refractivity contribution in [3.8, 4) is 0 Å². The standard InChI is InChI=1S/C2H4O.2H3O4P/c1-2-3;2*1-5(2,3)4/h2H,1H3;2*(H3,1,2,3,4)/p-6. The molecule has 0 aromatic carbocycles. The zero-order valence-corrected chi connectivity index (χ0v) is 7.93. The van der Waals surface area contributed by atoms with E-state index in [0.717, 1.165) is 6.29 Å². The van der Waals surface area contributed by atoms with Crippen LogP contribution in [-0.2, 0) is 13.9 Å². The predicted octanol–water partition coefficient (Wildman–Crippen LogP) is -5.44. The number of phosphoric acid groups is 2. The van der Waals surface area contributed by atoms with Crippen molar-refractivity contribution in [2.75, 3.05) is 0 Å². The molecule has 0 aliphatic rings. The lowest BCUT2D eigenvalue weighted by Crippen LogP contribution is -2.24. The van der Waals surface area contributed by atoms with Crippen molar-refractivity contribution >= 4 is 21.9 Å². The van der Waals surface area contributed by atoms with Gasteiger partial charge in [-0.1, -0.05) is 0 Å².